The lowest BCUT2D eigenvalue weighted by atomic mass is 10.2. The highest BCUT2D eigenvalue weighted by molar-refractivity contribution is 9.10. The van der Waals surface area contributed by atoms with Crippen LogP contribution in [0.5, 0.6) is 0 Å². The predicted octanol–water partition coefficient (Wildman–Crippen LogP) is 6.32. The SMILES string of the molecule is O=C(Nc1cc(Cl)c(Cl)cc1Cl)c1ccc(Cl)c(Br)c1. The maximum absolute atomic E-state index is 12.1. The highest BCUT2D eigenvalue weighted by Gasteiger charge is 2.12. The van der Waals surface area contributed by atoms with Crippen LogP contribution in [0, 0.1) is 0 Å². The second-order valence-corrected chi connectivity index (χ2v) is 6.31. The zero-order chi connectivity index (χ0) is 14.9. The molecule has 0 bridgehead atoms. The molecule has 0 aliphatic heterocycles. The molecule has 2 aromatic rings. The van der Waals surface area contributed by atoms with E-state index in [0.717, 1.165) is 0 Å². The van der Waals surface area contributed by atoms with Crippen molar-refractivity contribution in [3.8, 4) is 0 Å². The largest absolute Gasteiger partial charge is 0.321 e. The quantitative estimate of drug-likeness (QED) is 0.574. The Kier molecular flexibility index (Phi) is 5.21. The number of carbonyl (C=O) groups is 1. The molecule has 0 heterocycles. The summed E-state index contributed by atoms with van der Waals surface area (Å²) in [6, 6.07) is 7.81. The maximum Gasteiger partial charge on any atom is 0.255 e. The van der Waals surface area contributed by atoms with Crippen molar-refractivity contribution in [1.29, 1.82) is 0 Å². The number of hydrogen-bond acceptors (Lipinski definition) is 1. The lowest BCUT2D eigenvalue weighted by Gasteiger charge is -2.09. The minimum Gasteiger partial charge on any atom is -0.321 e. The van der Waals surface area contributed by atoms with E-state index >= 15 is 0 Å². The van der Waals surface area contributed by atoms with Crippen molar-refractivity contribution >= 4 is 73.9 Å². The number of anilines is 1. The van der Waals surface area contributed by atoms with Gasteiger partial charge < -0.3 is 5.32 Å². The first-order valence-electron chi connectivity index (χ1n) is 5.29. The van der Waals surface area contributed by atoms with E-state index in [4.69, 9.17) is 46.4 Å². The molecule has 20 heavy (non-hydrogen) atoms. The molecule has 0 saturated carbocycles. The summed E-state index contributed by atoms with van der Waals surface area (Å²) in [4.78, 5) is 12.1. The normalized spacial score (nSPS) is 10.4. The number of hydrogen-bond donors (Lipinski definition) is 1. The summed E-state index contributed by atoms with van der Waals surface area (Å²) >= 11 is 26.9. The van der Waals surface area contributed by atoms with Gasteiger partial charge in [0.2, 0.25) is 0 Å². The summed E-state index contributed by atoms with van der Waals surface area (Å²) in [5.41, 5.74) is 0.820. The van der Waals surface area contributed by atoms with E-state index in [1.165, 1.54) is 12.1 Å². The zero-order valence-corrected chi connectivity index (χ0v) is 14.3. The second kappa shape index (κ2) is 6.54. The summed E-state index contributed by atoms with van der Waals surface area (Å²) < 4.78 is 0.632. The Morgan fingerprint density at radius 2 is 1.55 bits per heavy atom. The monoisotopic (exact) mass is 411 g/mol. The Morgan fingerprint density at radius 3 is 2.20 bits per heavy atom. The molecule has 0 saturated heterocycles. The molecule has 2 nitrogen and oxygen atoms in total. The Morgan fingerprint density at radius 1 is 0.900 bits per heavy atom. The molecule has 1 amide bonds. The first-order valence-corrected chi connectivity index (χ1v) is 7.60. The van der Waals surface area contributed by atoms with E-state index in [-0.39, 0.29) is 5.91 Å². The topological polar surface area (TPSA) is 29.1 Å². The minimum atomic E-state index is -0.331. The number of benzene rings is 2. The molecule has 0 aliphatic rings. The first kappa shape index (κ1) is 15.9. The third kappa shape index (κ3) is 3.60. The van der Waals surface area contributed by atoms with Gasteiger partial charge in [-0.25, -0.2) is 0 Å². The molecule has 0 fully saturated rings. The van der Waals surface area contributed by atoms with Crippen LogP contribution in [0.1, 0.15) is 10.4 Å². The maximum atomic E-state index is 12.1. The molecule has 2 aromatic carbocycles. The summed E-state index contributed by atoms with van der Waals surface area (Å²) in [5, 5.41) is 4.12. The van der Waals surface area contributed by atoms with Gasteiger partial charge in [0, 0.05) is 10.0 Å². The van der Waals surface area contributed by atoms with E-state index < -0.39 is 0 Å². The van der Waals surface area contributed by atoms with Crippen LogP contribution < -0.4 is 5.32 Å². The van der Waals surface area contributed by atoms with Crippen molar-refractivity contribution in [2.45, 2.75) is 0 Å². The molecular formula is C13H6BrCl4NO. The molecule has 0 aliphatic carbocycles. The first-order chi connectivity index (χ1) is 9.38. The number of rotatable bonds is 2. The van der Waals surface area contributed by atoms with Crippen molar-refractivity contribution in [3.63, 3.8) is 0 Å². The molecule has 2 rings (SSSR count). The fourth-order valence-corrected chi connectivity index (χ4v) is 2.54. The minimum absolute atomic E-state index is 0.306. The average Bonchev–Trinajstić information content (AvgIpc) is 2.39. The molecule has 0 radical (unpaired) electrons. The van der Waals surface area contributed by atoms with Gasteiger partial charge in [-0.3, -0.25) is 4.79 Å². The van der Waals surface area contributed by atoms with Gasteiger partial charge in [0.25, 0.3) is 5.91 Å². The summed E-state index contributed by atoms with van der Waals surface area (Å²) in [7, 11) is 0. The highest BCUT2D eigenvalue weighted by atomic mass is 79.9. The van der Waals surface area contributed by atoms with Crippen molar-refractivity contribution in [3.05, 3.63) is 60.5 Å². The van der Waals surface area contributed by atoms with Gasteiger partial charge in [-0.15, -0.1) is 0 Å². The van der Waals surface area contributed by atoms with Gasteiger partial charge in [-0.2, -0.15) is 0 Å². The molecule has 0 unspecified atom stereocenters. The Hall–Kier alpha value is -0.450. The zero-order valence-electron chi connectivity index (χ0n) is 9.68. The number of nitrogens with one attached hydrogen (secondary N) is 1. The van der Waals surface area contributed by atoms with Crippen molar-refractivity contribution in [2.75, 3.05) is 5.32 Å². The fourth-order valence-electron chi connectivity index (χ4n) is 1.45. The van der Waals surface area contributed by atoms with Gasteiger partial charge in [-0.1, -0.05) is 46.4 Å². The molecule has 7 heteroatoms. The number of halogens is 5. The van der Waals surface area contributed by atoms with Crippen LogP contribution in [0.3, 0.4) is 0 Å². The van der Waals surface area contributed by atoms with Crippen molar-refractivity contribution in [2.24, 2.45) is 0 Å². The van der Waals surface area contributed by atoms with Crippen LogP contribution in [0.25, 0.3) is 0 Å². The Bertz CT molecular complexity index is 690. The molecule has 1 N–H and O–H groups in total. The number of carbonyl (C=O) groups excluding carboxylic acids is 1. The lowest BCUT2D eigenvalue weighted by Crippen LogP contribution is -2.12. The van der Waals surface area contributed by atoms with Crippen LogP contribution in [-0.4, -0.2) is 5.91 Å². The second-order valence-electron chi connectivity index (χ2n) is 3.83. The van der Waals surface area contributed by atoms with Gasteiger partial charge >= 0.3 is 0 Å². The summed E-state index contributed by atoms with van der Waals surface area (Å²) in [5.74, 6) is -0.331. The highest BCUT2D eigenvalue weighted by Crippen LogP contribution is 2.32. The van der Waals surface area contributed by atoms with Crippen LogP contribution in [-0.2, 0) is 0 Å². The standard InChI is InChI=1S/C13H6BrCl4NO/c14-7-3-6(1-2-8(7)15)13(20)19-12-5-10(17)9(16)4-11(12)18/h1-5H,(H,19,20). The van der Waals surface area contributed by atoms with E-state index in [0.29, 0.717) is 35.8 Å². The Labute approximate surface area is 144 Å². The summed E-state index contributed by atoms with van der Waals surface area (Å²) in [6.45, 7) is 0. The lowest BCUT2D eigenvalue weighted by molar-refractivity contribution is 0.102. The summed E-state index contributed by atoms with van der Waals surface area (Å²) in [6.07, 6.45) is 0. The average molecular weight is 414 g/mol. The van der Waals surface area contributed by atoms with E-state index in [9.17, 15) is 4.79 Å². The number of amides is 1. The van der Waals surface area contributed by atoms with Crippen LogP contribution >= 0.6 is 62.3 Å². The molecule has 0 spiro atoms. The van der Waals surface area contributed by atoms with Crippen LogP contribution in [0.4, 0.5) is 5.69 Å². The van der Waals surface area contributed by atoms with Crippen molar-refractivity contribution < 1.29 is 4.79 Å². The van der Waals surface area contributed by atoms with Gasteiger partial charge in [0.1, 0.15) is 0 Å². The van der Waals surface area contributed by atoms with Crippen molar-refractivity contribution in [1.82, 2.24) is 0 Å². The fraction of sp³-hybridized carbons (Fsp3) is 0. The molecule has 0 atom stereocenters. The van der Waals surface area contributed by atoms with Gasteiger partial charge in [0.15, 0.2) is 0 Å². The third-order valence-electron chi connectivity index (χ3n) is 2.44. The van der Waals surface area contributed by atoms with Crippen LogP contribution in [0.2, 0.25) is 20.1 Å². The van der Waals surface area contributed by atoms with E-state index in [1.807, 2.05) is 0 Å². The molecule has 0 aromatic heterocycles. The third-order valence-corrected chi connectivity index (χ3v) is 4.69. The van der Waals surface area contributed by atoms with E-state index in [2.05, 4.69) is 21.2 Å². The smallest absolute Gasteiger partial charge is 0.255 e. The Balaban J connectivity index is 2.27. The molecular weight excluding hydrogens is 408 g/mol. The van der Waals surface area contributed by atoms with Crippen LogP contribution in [0.15, 0.2) is 34.8 Å². The van der Waals surface area contributed by atoms with E-state index in [1.54, 1.807) is 18.2 Å². The predicted molar refractivity (Wildman–Crippen MR) is 88.6 cm³/mol. The van der Waals surface area contributed by atoms with Gasteiger partial charge in [-0.05, 0) is 46.3 Å². The molecule has 104 valence electrons. The van der Waals surface area contributed by atoms with Gasteiger partial charge in [0.05, 0.1) is 25.8 Å².